The van der Waals surface area contributed by atoms with Crippen LogP contribution in [0.2, 0.25) is 0 Å². The molecule has 214 valence electrons. The largest absolute Gasteiger partial charge is 0.355 e. The van der Waals surface area contributed by atoms with Gasteiger partial charge in [-0.15, -0.1) is 12.4 Å². The van der Waals surface area contributed by atoms with Crippen molar-refractivity contribution in [1.82, 2.24) is 10.6 Å². The monoisotopic (exact) mass is 563 g/mol. The van der Waals surface area contributed by atoms with Crippen LogP contribution in [-0.4, -0.2) is 30.3 Å². The van der Waals surface area contributed by atoms with E-state index in [1.807, 2.05) is 48.5 Å². The molecule has 0 saturated carbocycles. The Bertz CT molecular complexity index is 1150. The minimum atomic E-state index is -0.578. The molecule has 3 aromatic rings. The molecular weight excluding hydrogens is 522 g/mol. The van der Waals surface area contributed by atoms with Crippen molar-refractivity contribution in [2.24, 2.45) is 5.73 Å². The first kappa shape index (κ1) is 32.7. The molecule has 0 aromatic heterocycles. The normalized spacial score (nSPS) is 11.2. The second-order valence-electron chi connectivity index (χ2n) is 10.1. The molecule has 0 radical (unpaired) electrons. The minimum absolute atomic E-state index is 0. The van der Waals surface area contributed by atoms with Gasteiger partial charge in [0, 0.05) is 13.0 Å². The van der Waals surface area contributed by atoms with E-state index in [2.05, 4.69) is 47.0 Å². The second-order valence-corrected chi connectivity index (χ2v) is 10.1. The third-order valence-corrected chi connectivity index (χ3v) is 6.71. The Labute approximate surface area is 244 Å². The molecule has 3 rings (SSSR count). The number of halogens is 1. The van der Waals surface area contributed by atoms with E-state index in [4.69, 9.17) is 5.73 Å². The van der Waals surface area contributed by atoms with Gasteiger partial charge in [-0.1, -0.05) is 91.3 Å². The van der Waals surface area contributed by atoms with E-state index in [1.54, 1.807) is 0 Å². The smallest absolute Gasteiger partial charge is 0.237 e. The molecule has 0 aliphatic heterocycles. The number of hydrogen-bond donors (Lipinski definition) is 3. The number of nitrogens with one attached hydrogen (secondary N) is 2. The maximum absolute atomic E-state index is 12.3. The van der Waals surface area contributed by atoms with Crippen molar-refractivity contribution >= 4 is 30.1 Å². The highest BCUT2D eigenvalue weighted by molar-refractivity contribution is 5.96. The van der Waals surface area contributed by atoms with Crippen LogP contribution in [0.1, 0.15) is 60.8 Å². The Balaban J connectivity index is 0.00000560. The zero-order valence-electron chi connectivity index (χ0n) is 23.1. The van der Waals surface area contributed by atoms with Crippen LogP contribution in [0.5, 0.6) is 0 Å². The predicted molar refractivity (Wildman–Crippen MR) is 163 cm³/mol. The molecule has 0 heterocycles. The first-order chi connectivity index (χ1) is 19.0. The predicted octanol–water partition coefficient (Wildman–Crippen LogP) is 5.11. The van der Waals surface area contributed by atoms with Crippen molar-refractivity contribution in [3.05, 3.63) is 107 Å². The first-order valence-corrected chi connectivity index (χ1v) is 14.0. The van der Waals surface area contributed by atoms with Crippen LogP contribution in [-0.2, 0) is 40.1 Å². The summed E-state index contributed by atoms with van der Waals surface area (Å²) in [6.45, 7) is 0.519. The fraction of sp³-hybridized carbons (Fsp3) is 0.364. The van der Waals surface area contributed by atoms with E-state index in [9.17, 15) is 14.4 Å². The quantitative estimate of drug-likeness (QED) is 0.211. The summed E-state index contributed by atoms with van der Waals surface area (Å²) in [6.07, 6.45) is 7.54. The molecule has 3 amide bonds. The van der Waals surface area contributed by atoms with Gasteiger partial charge in [-0.3, -0.25) is 19.7 Å². The number of rotatable bonds is 16. The van der Waals surface area contributed by atoms with Gasteiger partial charge in [-0.2, -0.15) is 0 Å². The van der Waals surface area contributed by atoms with E-state index >= 15 is 0 Å². The number of carbonyl (C=O) groups is 3. The number of benzene rings is 3. The van der Waals surface area contributed by atoms with Crippen molar-refractivity contribution < 1.29 is 14.4 Å². The maximum Gasteiger partial charge on any atom is 0.237 e. The SMILES string of the molecule is Cl.N[C@@H](Cc1ccccc1)C(=O)NCCCCCC(=O)NC(=O)Cc1ccc(CCCCc2ccccc2)cc1. The fourth-order valence-electron chi connectivity index (χ4n) is 4.47. The minimum Gasteiger partial charge on any atom is -0.355 e. The summed E-state index contributed by atoms with van der Waals surface area (Å²) in [5.41, 5.74) is 10.5. The van der Waals surface area contributed by atoms with Gasteiger partial charge in [-0.25, -0.2) is 0 Å². The number of unbranched alkanes of at least 4 members (excludes halogenated alkanes) is 3. The standard InChI is InChI=1S/C33H41N3O3.ClH/c34-30(24-28-16-6-2-7-17-28)33(39)35-23-11-3-8-18-31(37)36-32(38)25-29-21-19-27(20-22-29)15-10-9-14-26-12-4-1-5-13-26;/h1-2,4-7,12-13,16-17,19-22,30H,3,8-11,14-15,18,23-25,34H2,(H,35,39)(H,36,37,38);1H/t30-;/m0./s1. The van der Waals surface area contributed by atoms with Crippen molar-refractivity contribution in [2.75, 3.05) is 6.54 Å². The average molecular weight is 564 g/mol. The molecule has 3 aromatic carbocycles. The number of hydrogen-bond acceptors (Lipinski definition) is 4. The molecule has 0 aliphatic carbocycles. The summed E-state index contributed by atoms with van der Waals surface area (Å²) in [6, 6.07) is 27.7. The molecule has 0 aliphatic rings. The van der Waals surface area contributed by atoms with E-state index in [0.717, 1.165) is 49.7 Å². The number of nitrogens with two attached hydrogens (primary N) is 1. The highest BCUT2D eigenvalue weighted by Gasteiger charge is 2.13. The highest BCUT2D eigenvalue weighted by atomic mass is 35.5. The summed E-state index contributed by atoms with van der Waals surface area (Å²) in [5, 5.41) is 5.34. The fourth-order valence-corrected chi connectivity index (χ4v) is 4.47. The van der Waals surface area contributed by atoms with Crippen LogP contribution < -0.4 is 16.4 Å². The molecule has 0 bridgehead atoms. The van der Waals surface area contributed by atoms with Gasteiger partial charge in [0.15, 0.2) is 0 Å². The molecule has 6 nitrogen and oxygen atoms in total. The molecule has 40 heavy (non-hydrogen) atoms. The van der Waals surface area contributed by atoms with Gasteiger partial charge in [-0.05, 0) is 67.2 Å². The lowest BCUT2D eigenvalue weighted by molar-refractivity contribution is -0.130. The molecule has 0 spiro atoms. The zero-order valence-corrected chi connectivity index (χ0v) is 24.0. The molecule has 0 fully saturated rings. The van der Waals surface area contributed by atoms with E-state index in [-0.39, 0.29) is 43.0 Å². The topological polar surface area (TPSA) is 101 Å². The van der Waals surface area contributed by atoms with Crippen LogP contribution in [0.15, 0.2) is 84.9 Å². The second kappa shape index (κ2) is 18.7. The average Bonchev–Trinajstić information content (AvgIpc) is 2.94. The third kappa shape index (κ3) is 13.0. The Morgan fingerprint density at radius 1 is 0.625 bits per heavy atom. The first-order valence-electron chi connectivity index (χ1n) is 14.0. The summed E-state index contributed by atoms with van der Waals surface area (Å²) < 4.78 is 0. The Hall–Kier alpha value is -3.48. The van der Waals surface area contributed by atoms with Crippen molar-refractivity contribution in [3.63, 3.8) is 0 Å². The molecule has 0 saturated heterocycles. The molecule has 4 N–H and O–H groups in total. The van der Waals surface area contributed by atoms with Gasteiger partial charge >= 0.3 is 0 Å². The molecule has 7 heteroatoms. The Morgan fingerprint density at radius 3 is 1.80 bits per heavy atom. The Kier molecular flexibility index (Phi) is 15.3. The van der Waals surface area contributed by atoms with Gasteiger partial charge in [0.25, 0.3) is 0 Å². The number of amides is 3. The highest BCUT2D eigenvalue weighted by Crippen LogP contribution is 2.11. The molecule has 1 atom stereocenters. The van der Waals surface area contributed by atoms with Gasteiger partial charge < -0.3 is 11.1 Å². The van der Waals surface area contributed by atoms with Crippen LogP contribution in [0.4, 0.5) is 0 Å². The Morgan fingerprint density at radius 2 is 1.18 bits per heavy atom. The van der Waals surface area contributed by atoms with Crippen molar-refractivity contribution in [3.8, 4) is 0 Å². The van der Waals surface area contributed by atoms with Crippen molar-refractivity contribution in [2.45, 2.75) is 70.3 Å². The lowest BCUT2D eigenvalue weighted by Crippen LogP contribution is -2.42. The summed E-state index contributed by atoms with van der Waals surface area (Å²) in [4.78, 5) is 36.5. The molecular formula is C33H42ClN3O3. The van der Waals surface area contributed by atoms with Gasteiger partial charge in [0.05, 0.1) is 12.5 Å². The van der Waals surface area contributed by atoms with Crippen molar-refractivity contribution in [1.29, 1.82) is 0 Å². The van der Waals surface area contributed by atoms with Crippen LogP contribution in [0.3, 0.4) is 0 Å². The number of imide groups is 1. The van der Waals surface area contributed by atoms with Gasteiger partial charge in [0.1, 0.15) is 0 Å². The molecule has 0 unspecified atom stereocenters. The van der Waals surface area contributed by atoms with Crippen LogP contribution in [0.25, 0.3) is 0 Å². The summed E-state index contributed by atoms with van der Waals surface area (Å²) in [7, 11) is 0. The number of aryl methyl sites for hydroxylation is 2. The summed E-state index contributed by atoms with van der Waals surface area (Å²) >= 11 is 0. The lowest BCUT2D eigenvalue weighted by atomic mass is 10.0. The van der Waals surface area contributed by atoms with E-state index in [1.165, 1.54) is 11.1 Å². The zero-order chi connectivity index (χ0) is 27.7. The van der Waals surface area contributed by atoms with E-state index < -0.39 is 6.04 Å². The lowest BCUT2D eigenvalue weighted by Gasteiger charge is -2.12. The van der Waals surface area contributed by atoms with Gasteiger partial charge in [0.2, 0.25) is 17.7 Å². The maximum atomic E-state index is 12.3. The van der Waals surface area contributed by atoms with E-state index in [0.29, 0.717) is 19.4 Å². The number of carbonyl (C=O) groups excluding carboxylic acids is 3. The third-order valence-electron chi connectivity index (χ3n) is 6.71. The van der Waals surface area contributed by atoms with Crippen LogP contribution in [0, 0.1) is 0 Å². The summed E-state index contributed by atoms with van der Waals surface area (Å²) in [5.74, 6) is -0.711. The van der Waals surface area contributed by atoms with Crippen LogP contribution >= 0.6 is 12.4 Å².